The maximum atomic E-state index is 10.9. The van der Waals surface area contributed by atoms with E-state index < -0.39 is 0 Å². The molecule has 1 N–H and O–H groups in total. The van der Waals surface area contributed by atoms with Crippen LogP contribution in [0.5, 0.6) is 0 Å². The third kappa shape index (κ3) is 3.57. The molecule has 1 rings (SSSR count). The van der Waals surface area contributed by atoms with Gasteiger partial charge >= 0.3 is 5.97 Å². The highest BCUT2D eigenvalue weighted by atomic mass is 16.5. The Hall–Kier alpha value is -1.36. The predicted octanol–water partition coefficient (Wildman–Crippen LogP) is 0.716. The summed E-state index contributed by atoms with van der Waals surface area (Å²) in [5.74, 6) is -0.217. The minimum Gasteiger partial charge on any atom is -0.469 e. The minimum atomic E-state index is -0.217. The van der Waals surface area contributed by atoms with E-state index in [1.165, 1.54) is 13.4 Å². The topological polar surface area (TPSA) is 64.4 Å². The third-order valence-electron chi connectivity index (χ3n) is 1.82. The van der Waals surface area contributed by atoms with Crippen LogP contribution >= 0.6 is 0 Å². The second kappa shape index (κ2) is 5.39. The summed E-state index contributed by atoms with van der Waals surface area (Å²) < 4.78 is 9.21. The van der Waals surface area contributed by atoms with Crippen LogP contribution in [-0.4, -0.2) is 24.3 Å². The lowest BCUT2D eigenvalue weighted by molar-refractivity contribution is -0.141. The number of ether oxygens (including phenoxy) is 1. The fourth-order valence-corrected chi connectivity index (χ4v) is 1.01. The number of hydrogen-bond donors (Lipinski definition) is 1. The Labute approximate surface area is 82.4 Å². The van der Waals surface area contributed by atoms with Crippen molar-refractivity contribution in [3.63, 3.8) is 0 Å². The highest BCUT2D eigenvalue weighted by molar-refractivity contribution is 5.69. The predicted molar refractivity (Wildman–Crippen MR) is 49.4 cm³/mol. The lowest BCUT2D eigenvalue weighted by Crippen LogP contribution is -2.28. The Kier molecular flexibility index (Phi) is 4.12. The van der Waals surface area contributed by atoms with Crippen molar-refractivity contribution in [1.82, 2.24) is 10.5 Å². The van der Waals surface area contributed by atoms with Gasteiger partial charge in [0, 0.05) is 18.7 Å². The maximum Gasteiger partial charge on any atom is 0.307 e. The van der Waals surface area contributed by atoms with Gasteiger partial charge in [-0.1, -0.05) is 5.16 Å². The summed E-state index contributed by atoms with van der Waals surface area (Å²) in [6.07, 6.45) is 1.87. The van der Waals surface area contributed by atoms with E-state index in [4.69, 9.17) is 0 Å². The first-order valence-electron chi connectivity index (χ1n) is 4.42. The van der Waals surface area contributed by atoms with E-state index in [1.54, 1.807) is 6.07 Å². The van der Waals surface area contributed by atoms with Crippen LogP contribution in [0.2, 0.25) is 0 Å². The van der Waals surface area contributed by atoms with Crippen molar-refractivity contribution < 1.29 is 14.1 Å². The molecule has 1 aromatic heterocycles. The molecular weight excluding hydrogens is 184 g/mol. The van der Waals surface area contributed by atoms with Crippen LogP contribution < -0.4 is 5.32 Å². The molecule has 0 fully saturated rings. The zero-order valence-corrected chi connectivity index (χ0v) is 8.32. The van der Waals surface area contributed by atoms with Gasteiger partial charge in [0.2, 0.25) is 0 Å². The number of hydrogen-bond acceptors (Lipinski definition) is 5. The van der Waals surface area contributed by atoms with Crippen LogP contribution in [0.3, 0.4) is 0 Å². The Balaban J connectivity index is 2.21. The molecule has 1 atom stereocenters. The van der Waals surface area contributed by atoms with Gasteiger partial charge in [-0.3, -0.25) is 4.79 Å². The molecule has 1 unspecified atom stereocenters. The normalized spacial score (nSPS) is 12.4. The number of carbonyl (C=O) groups is 1. The lowest BCUT2D eigenvalue weighted by Gasteiger charge is -2.10. The van der Waals surface area contributed by atoms with E-state index >= 15 is 0 Å². The van der Waals surface area contributed by atoms with Gasteiger partial charge in [0.25, 0.3) is 0 Å². The van der Waals surface area contributed by atoms with Crippen molar-refractivity contribution in [1.29, 1.82) is 0 Å². The van der Waals surface area contributed by atoms with Crippen molar-refractivity contribution in [3.8, 4) is 0 Å². The number of methoxy groups -OCH3 is 1. The molecular formula is C9H14N2O3. The number of rotatable bonds is 5. The molecule has 0 amide bonds. The monoisotopic (exact) mass is 198 g/mol. The van der Waals surface area contributed by atoms with Gasteiger partial charge in [-0.15, -0.1) is 0 Å². The first-order chi connectivity index (χ1) is 6.72. The summed E-state index contributed by atoms with van der Waals surface area (Å²) in [7, 11) is 1.38. The van der Waals surface area contributed by atoms with Crippen LogP contribution in [0, 0.1) is 0 Å². The summed E-state index contributed by atoms with van der Waals surface area (Å²) in [5, 5.41) is 6.86. The van der Waals surface area contributed by atoms with Crippen molar-refractivity contribution in [2.75, 3.05) is 7.11 Å². The summed E-state index contributed by atoms with van der Waals surface area (Å²) in [5.41, 5.74) is 0.821. The lowest BCUT2D eigenvalue weighted by atomic mass is 10.2. The quantitative estimate of drug-likeness (QED) is 0.706. The number of nitrogens with zero attached hydrogens (tertiary/aromatic N) is 1. The molecule has 0 aromatic carbocycles. The average Bonchev–Trinajstić information content (AvgIpc) is 2.67. The van der Waals surface area contributed by atoms with Gasteiger partial charge in [0.15, 0.2) is 0 Å². The van der Waals surface area contributed by atoms with Crippen LogP contribution in [0.25, 0.3) is 0 Å². The number of nitrogens with one attached hydrogen (secondary N) is 1. The highest BCUT2D eigenvalue weighted by Gasteiger charge is 2.08. The van der Waals surface area contributed by atoms with Gasteiger partial charge in [-0.05, 0) is 6.92 Å². The second-order valence-corrected chi connectivity index (χ2v) is 3.05. The fraction of sp³-hybridized carbons (Fsp3) is 0.556. The maximum absolute atomic E-state index is 10.9. The molecule has 1 heterocycles. The van der Waals surface area contributed by atoms with Crippen molar-refractivity contribution in [2.24, 2.45) is 0 Å². The number of aromatic nitrogens is 1. The molecule has 0 aliphatic rings. The molecule has 0 bridgehead atoms. The van der Waals surface area contributed by atoms with E-state index in [-0.39, 0.29) is 12.0 Å². The molecule has 0 saturated carbocycles. The first-order valence-corrected chi connectivity index (χ1v) is 4.42. The second-order valence-electron chi connectivity index (χ2n) is 3.05. The van der Waals surface area contributed by atoms with Crippen LogP contribution in [0.4, 0.5) is 0 Å². The zero-order valence-electron chi connectivity index (χ0n) is 8.32. The number of esters is 1. The van der Waals surface area contributed by atoms with E-state index in [1.807, 2.05) is 6.92 Å². The Morgan fingerprint density at radius 3 is 3.14 bits per heavy atom. The minimum absolute atomic E-state index is 0.0687. The SMILES string of the molecule is COC(=O)CC(C)NCc1ccon1. The Morgan fingerprint density at radius 2 is 2.57 bits per heavy atom. The molecule has 0 saturated heterocycles. The molecule has 0 aliphatic carbocycles. The largest absolute Gasteiger partial charge is 0.469 e. The van der Waals surface area contributed by atoms with E-state index in [0.717, 1.165) is 5.69 Å². The van der Waals surface area contributed by atoms with Crippen LogP contribution in [0.1, 0.15) is 19.0 Å². The average molecular weight is 198 g/mol. The van der Waals surface area contributed by atoms with E-state index in [0.29, 0.717) is 13.0 Å². The molecule has 14 heavy (non-hydrogen) atoms. The molecule has 0 spiro atoms. The molecule has 1 aromatic rings. The summed E-state index contributed by atoms with van der Waals surface area (Å²) >= 11 is 0. The van der Waals surface area contributed by atoms with Gasteiger partial charge in [-0.25, -0.2) is 0 Å². The highest BCUT2D eigenvalue weighted by Crippen LogP contribution is 1.97. The van der Waals surface area contributed by atoms with Gasteiger partial charge in [0.05, 0.1) is 19.2 Å². The van der Waals surface area contributed by atoms with Gasteiger partial charge < -0.3 is 14.6 Å². The van der Waals surface area contributed by atoms with Crippen LogP contribution in [0.15, 0.2) is 16.9 Å². The third-order valence-corrected chi connectivity index (χ3v) is 1.82. The summed E-state index contributed by atoms with van der Waals surface area (Å²) in [4.78, 5) is 10.9. The van der Waals surface area contributed by atoms with Crippen molar-refractivity contribution in [3.05, 3.63) is 18.0 Å². The van der Waals surface area contributed by atoms with Gasteiger partial charge in [0.1, 0.15) is 6.26 Å². The Morgan fingerprint density at radius 1 is 1.79 bits per heavy atom. The number of carbonyl (C=O) groups excluding carboxylic acids is 1. The smallest absolute Gasteiger partial charge is 0.307 e. The molecule has 0 aliphatic heterocycles. The summed E-state index contributed by atoms with van der Waals surface area (Å²) in [6, 6.07) is 1.84. The molecule has 5 nitrogen and oxygen atoms in total. The first kappa shape index (κ1) is 10.7. The fourth-order valence-electron chi connectivity index (χ4n) is 1.01. The van der Waals surface area contributed by atoms with E-state index in [9.17, 15) is 4.79 Å². The standard InChI is InChI=1S/C9H14N2O3/c1-7(5-9(12)13-2)10-6-8-3-4-14-11-8/h3-4,7,10H,5-6H2,1-2H3. The summed E-state index contributed by atoms with van der Waals surface area (Å²) in [6.45, 7) is 2.51. The van der Waals surface area contributed by atoms with Crippen molar-refractivity contribution >= 4 is 5.97 Å². The molecule has 5 heteroatoms. The van der Waals surface area contributed by atoms with Crippen molar-refractivity contribution in [2.45, 2.75) is 25.9 Å². The molecule has 78 valence electrons. The van der Waals surface area contributed by atoms with Crippen LogP contribution in [-0.2, 0) is 16.1 Å². The van der Waals surface area contributed by atoms with E-state index in [2.05, 4.69) is 19.7 Å². The van der Waals surface area contributed by atoms with Gasteiger partial charge in [-0.2, -0.15) is 0 Å². The Bertz CT molecular complexity index is 272. The zero-order chi connectivity index (χ0) is 10.4. The molecule has 0 radical (unpaired) electrons.